The molecule has 0 unspecified atom stereocenters. The van der Waals surface area contributed by atoms with Crippen molar-refractivity contribution in [3.8, 4) is 0 Å². The van der Waals surface area contributed by atoms with E-state index < -0.39 is 0 Å². The van der Waals surface area contributed by atoms with Gasteiger partial charge in [0.05, 0.1) is 0 Å². The molecule has 0 aliphatic carbocycles. The fraction of sp³-hybridized carbons (Fsp3) is 0.273. The third-order valence-electron chi connectivity index (χ3n) is 1.92. The normalized spacial score (nSPS) is 11.1. The van der Waals surface area contributed by atoms with Crippen LogP contribution in [-0.2, 0) is 6.54 Å². The molecule has 76 valence electrons. The number of aliphatic hydroxyl groups excluding tert-OH is 1. The number of hydrogen-bond donors (Lipinski definition) is 2. The average molecular weight is 195 g/mol. The second-order valence-corrected chi connectivity index (χ2v) is 2.96. The zero-order valence-corrected chi connectivity index (χ0v) is 7.91. The fourth-order valence-corrected chi connectivity index (χ4v) is 1.20. The lowest BCUT2D eigenvalue weighted by Gasteiger charge is -2.02. The van der Waals surface area contributed by atoms with Gasteiger partial charge in [0.25, 0.3) is 0 Å². The van der Waals surface area contributed by atoms with E-state index in [0.29, 0.717) is 13.0 Å². The molecule has 0 amide bonds. The summed E-state index contributed by atoms with van der Waals surface area (Å²) in [4.78, 5) is 0. The minimum absolute atomic E-state index is 0.121. The average Bonchev–Trinajstić information content (AvgIpc) is 2.20. The van der Waals surface area contributed by atoms with Gasteiger partial charge in [-0.3, -0.25) is 0 Å². The van der Waals surface area contributed by atoms with Crippen LogP contribution in [0.3, 0.4) is 0 Å². The molecule has 0 spiro atoms. The monoisotopic (exact) mass is 195 g/mol. The van der Waals surface area contributed by atoms with Crippen molar-refractivity contribution in [3.63, 3.8) is 0 Å². The smallest absolute Gasteiger partial charge is 0.123 e. The molecule has 1 aromatic carbocycles. The maximum atomic E-state index is 12.8. The molecular formula is C11H14FNO. The highest BCUT2D eigenvalue weighted by atomic mass is 19.1. The molecule has 0 fully saturated rings. The fourth-order valence-electron chi connectivity index (χ4n) is 1.20. The highest BCUT2D eigenvalue weighted by Crippen LogP contribution is 2.12. The maximum Gasteiger partial charge on any atom is 0.123 e. The first-order valence-electron chi connectivity index (χ1n) is 4.54. The Morgan fingerprint density at radius 3 is 2.86 bits per heavy atom. The van der Waals surface area contributed by atoms with Crippen molar-refractivity contribution < 1.29 is 9.50 Å². The Morgan fingerprint density at radius 2 is 2.21 bits per heavy atom. The molecule has 0 radical (unpaired) electrons. The second-order valence-electron chi connectivity index (χ2n) is 2.96. The summed E-state index contributed by atoms with van der Waals surface area (Å²) in [6.45, 7) is 0.437. The number of rotatable bonds is 4. The quantitative estimate of drug-likeness (QED) is 0.767. The maximum absolute atomic E-state index is 12.8. The van der Waals surface area contributed by atoms with E-state index in [1.54, 1.807) is 6.07 Å². The van der Waals surface area contributed by atoms with Gasteiger partial charge in [0.2, 0.25) is 0 Å². The van der Waals surface area contributed by atoms with E-state index >= 15 is 0 Å². The first-order chi connectivity index (χ1) is 6.77. The summed E-state index contributed by atoms with van der Waals surface area (Å²) in [5.74, 6) is -0.273. The van der Waals surface area contributed by atoms with Gasteiger partial charge in [0, 0.05) is 13.2 Å². The van der Waals surface area contributed by atoms with E-state index in [4.69, 9.17) is 10.8 Å². The van der Waals surface area contributed by atoms with Gasteiger partial charge in [-0.05, 0) is 29.7 Å². The zero-order valence-electron chi connectivity index (χ0n) is 7.91. The Hall–Kier alpha value is -1.19. The molecule has 1 aromatic rings. The van der Waals surface area contributed by atoms with Crippen molar-refractivity contribution in [2.24, 2.45) is 5.73 Å². The molecule has 0 atom stereocenters. The summed E-state index contributed by atoms with van der Waals surface area (Å²) < 4.78 is 12.8. The lowest BCUT2D eigenvalue weighted by atomic mass is 10.1. The van der Waals surface area contributed by atoms with Crippen molar-refractivity contribution in [1.82, 2.24) is 0 Å². The summed E-state index contributed by atoms with van der Waals surface area (Å²) in [6.07, 6.45) is 4.28. The van der Waals surface area contributed by atoms with Crippen molar-refractivity contribution in [2.45, 2.75) is 13.0 Å². The van der Waals surface area contributed by atoms with Crippen LogP contribution in [-0.4, -0.2) is 11.7 Å². The molecule has 3 heteroatoms. The van der Waals surface area contributed by atoms with Crippen LogP contribution in [0.25, 0.3) is 6.08 Å². The van der Waals surface area contributed by atoms with Gasteiger partial charge in [-0.15, -0.1) is 0 Å². The summed E-state index contributed by atoms with van der Waals surface area (Å²) in [7, 11) is 0. The van der Waals surface area contributed by atoms with Gasteiger partial charge in [-0.25, -0.2) is 4.39 Å². The van der Waals surface area contributed by atoms with E-state index in [1.165, 1.54) is 12.1 Å². The van der Waals surface area contributed by atoms with Crippen LogP contribution in [0.15, 0.2) is 24.3 Å². The molecule has 0 saturated heterocycles. The molecule has 0 saturated carbocycles. The minimum atomic E-state index is -0.273. The first kappa shape index (κ1) is 10.9. The molecule has 0 aliphatic heterocycles. The SMILES string of the molecule is NCc1cc(F)ccc1C=CCCO. The van der Waals surface area contributed by atoms with Crippen LogP contribution in [0.2, 0.25) is 0 Å². The van der Waals surface area contributed by atoms with E-state index in [9.17, 15) is 4.39 Å². The molecule has 0 heterocycles. The van der Waals surface area contributed by atoms with E-state index in [2.05, 4.69) is 0 Å². The van der Waals surface area contributed by atoms with Gasteiger partial charge in [0.1, 0.15) is 5.82 Å². The van der Waals surface area contributed by atoms with Gasteiger partial charge >= 0.3 is 0 Å². The molecular weight excluding hydrogens is 181 g/mol. The minimum Gasteiger partial charge on any atom is -0.396 e. The lowest BCUT2D eigenvalue weighted by Crippen LogP contribution is -1.99. The highest BCUT2D eigenvalue weighted by molar-refractivity contribution is 5.53. The number of halogens is 1. The van der Waals surface area contributed by atoms with Crippen LogP contribution in [0.1, 0.15) is 17.5 Å². The van der Waals surface area contributed by atoms with E-state index in [1.807, 2.05) is 12.2 Å². The Balaban J connectivity index is 2.85. The molecule has 3 N–H and O–H groups in total. The van der Waals surface area contributed by atoms with Gasteiger partial charge in [0.15, 0.2) is 0 Å². The predicted molar refractivity (Wildman–Crippen MR) is 55.0 cm³/mol. The van der Waals surface area contributed by atoms with Crippen LogP contribution in [0, 0.1) is 5.82 Å². The number of benzene rings is 1. The molecule has 2 nitrogen and oxygen atoms in total. The number of nitrogens with two attached hydrogens (primary N) is 1. The van der Waals surface area contributed by atoms with Crippen molar-refractivity contribution in [3.05, 3.63) is 41.2 Å². The van der Waals surface area contributed by atoms with Gasteiger partial charge in [-0.1, -0.05) is 18.2 Å². The van der Waals surface area contributed by atoms with Crippen molar-refractivity contribution >= 4 is 6.08 Å². The van der Waals surface area contributed by atoms with Crippen LogP contribution in [0.4, 0.5) is 4.39 Å². The number of hydrogen-bond acceptors (Lipinski definition) is 2. The lowest BCUT2D eigenvalue weighted by molar-refractivity contribution is 0.303. The van der Waals surface area contributed by atoms with Crippen LogP contribution >= 0.6 is 0 Å². The third-order valence-corrected chi connectivity index (χ3v) is 1.92. The van der Waals surface area contributed by atoms with E-state index in [0.717, 1.165) is 11.1 Å². The summed E-state index contributed by atoms with van der Waals surface area (Å²) in [5, 5.41) is 8.58. The van der Waals surface area contributed by atoms with Crippen LogP contribution in [0.5, 0.6) is 0 Å². The highest BCUT2D eigenvalue weighted by Gasteiger charge is 1.98. The molecule has 0 aromatic heterocycles. The topological polar surface area (TPSA) is 46.2 Å². The Labute approximate surface area is 82.9 Å². The largest absolute Gasteiger partial charge is 0.396 e. The Kier molecular flexibility index (Phi) is 4.29. The first-order valence-corrected chi connectivity index (χ1v) is 4.54. The summed E-state index contributed by atoms with van der Waals surface area (Å²) in [5.41, 5.74) is 7.16. The summed E-state index contributed by atoms with van der Waals surface area (Å²) in [6, 6.07) is 4.52. The second kappa shape index (κ2) is 5.52. The molecule has 1 rings (SSSR count). The Bertz CT molecular complexity index is 323. The van der Waals surface area contributed by atoms with Crippen molar-refractivity contribution in [1.29, 1.82) is 0 Å². The van der Waals surface area contributed by atoms with Gasteiger partial charge < -0.3 is 10.8 Å². The summed E-state index contributed by atoms with van der Waals surface area (Å²) >= 11 is 0. The molecule has 0 aliphatic rings. The standard InChI is InChI=1S/C11H14FNO/c12-11-5-4-9(3-1-2-6-14)10(7-11)8-13/h1,3-5,7,14H,2,6,8,13H2. The third kappa shape index (κ3) is 2.94. The molecule has 0 bridgehead atoms. The van der Waals surface area contributed by atoms with Crippen molar-refractivity contribution in [2.75, 3.05) is 6.61 Å². The van der Waals surface area contributed by atoms with Crippen LogP contribution < -0.4 is 5.73 Å². The van der Waals surface area contributed by atoms with E-state index in [-0.39, 0.29) is 12.4 Å². The van der Waals surface area contributed by atoms with Gasteiger partial charge in [-0.2, -0.15) is 0 Å². The predicted octanol–water partition coefficient (Wildman–Crippen LogP) is 1.68. The molecule has 14 heavy (non-hydrogen) atoms. The number of aliphatic hydroxyl groups is 1. The Morgan fingerprint density at radius 1 is 1.43 bits per heavy atom. The zero-order chi connectivity index (χ0) is 10.4.